The number of hydrogen-bond donors (Lipinski definition) is 2. The van der Waals surface area contributed by atoms with E-state index in [1.807, 2.05) is 6.08 Å². The van der Waals surface area contributed by atoms with E-state index in [4.69, 9.17) is 9.97 Å². The summed E-state index contributed by atoms with van der Waals surface area (Å²) < 4.78 is 0. The smallest absolute Gasteiger partial charge is 0.0972 e. The number of H-pyrrole nitrogens is 2. The monoisotopic (exact) mass is 484 g/mol. The molecule has 0 fully saturated rings. The van der Waals surface area contributed by atoms with Gasteiger partial charge in [-0.1, -0.05) is 57.7 Å². The lowest BCUT2D eigenvalue weighted by Gasteiger charge is -2.06. The Labute approximate surface area is 217 Å². The quantitative estimate of drug-likeness (QED) is 0.249. The van der Waals surface area contributed by atoms with Crippen molar-refractivity contribution in [1.82, 2.24) is 19.9 Å². The standard InChI is InChI=1S/C33H32N4/c1-5-24-26(7-3)30-19-31-27(8-4)25(6-2)29(37-31)18-16-23-14-12-21-10-9-20-11-13-22(15-17-28(24)36-30)34-32(20)33(21)35-23/h5,9-18,36-37H,1,6-8,19H2,2-4H3/b17-15-,18-16-. The number of pyridine rings is 2. The number of nitrogens with zero attached hydrogens (tertiary/aromatic N) is 2. The molecule has 0 atom stereocenters. The molecule has 0 unspecified atom stereocenters. The molecule has 1 aliphatic rings. The van der Waals surface area contributed by atoms with Crippen molar-refractivity contribution in [2.45, 2.75) is 46.5 Å². The van der Waals surface area contributed by atoms with E-state index in [2.05, 4.69) is 98.0 Å². The van der Waals surface area contributed by atoms with Gasteiger partial charge in [0, 0.05) is 45.5 Å². The molecule has 5 heterocycles. The predicted molar refractivity (Wildman–Crippen MR) is 158 cm³/mol. The Morgan fingerprint density at radius 3 is 1.76 bits per heavy atom. The molecule has 8 bridgehead atoms. The zero-order valence-electron chi connectivity index (χ0n) is 21.8. The average molecular weight is 485 g/mol. The molecule has 1 aliphatic heterocycles. The first-order valence-corrected chi connectivity index (χ1v) is 13.3. The first-order chi connectivity index (χ1) is 18.1. The van der Waals surface area contributed by atoms with E-state index in [0.29, 0.717) is 0 Å². The Morgan fingerprint density at radius 2 is 1.19 bits per heavy atom. The molecule has 4 heteroatoms. The third-order valence-corrected chi connectivity index (χ3v) is 7.63. The van der Waals surface area contributed by atoms with E-state index in [1.165, 1.54) is 39.3 Å². The largest absolute Gasteiger partial charge is 0.358 e. The fourth-order valence-corrected chi connectivity index (χ4v) is 5.83. The molecule has 2 N–H and O–H groups in total. The van der Waals surface area contributed by atoms with Crippen LogP contribution in [-0.2, 0) is 25.7 Å². The van der Waals surface area contributed by atoms with Gasteiger partial charge >= 0.3 is 0 Å². The Bertz CT molecular complexity index is 1720. The van der Waals surface area contributed by atoms with Crippen LogP contribution in [0, 0.1) is 0 Å². The van der Waals surface area contributed by atoms with Crippen LogP contribution >= 0.6 is 0 Å². The molecule has 0 saturated heterocycles. The van der Waals surface area contributed by atoms with Gasteiger partial charge in [0.2, 0.25) is 0 Å². The van der Waals surface area contributed by atoms with Crippen LogP contribution in [0.25, 0.3) is 52.2 Å². The fourth-order valence-electron chi connectivity index (χ4n) is 5.83. The summed E-state index contributed by atoms with van der Waals surface area (Å²) in [5.74, 6) is 0. The van der Waals surface area contributed by atoms with E-state index in [-0.39, 0.29) is 0 Å². The van der Waals surface area contributed by atoms with Crippen molar-refractivity contribution in [1.29, 1.82) is 0 Å². The summed E-state index contributed by atoms with van der Waals surface area (Å²) in [5.41, 5.74) is 13.8. The molecule has 0 spiro atoms. The predicted octanol–water partition coefficient (Wildman–Crippen LogP) is 8.01. The van der Waals surface area contributed by atoms with Crippen LogP contribution in [0.5, 0.6) is 0 Å². The Kier molecular flexibility index (Phi) is 5.88. The second-order valence-electron chi connectivity index (χ2n) is 9.67. The summed E-state index contributed by atoms with van der Waals surface area (Å²) in [6, 6.07) is 12.7. The molecule has 37 heavy (non-hydrogen) atoms. The molecule has 0 aliphatic carbocycles. The topological polar surface area (TPSA) is 57.4 Å². The van der Waals surface area contributed by atoms with Crippen molar-refractivity contribution in [2.75, 3.05) is 0 Å². The van der Waals surface area contributed by atoms with E-state index in [1.54, 1.807) is 0 Å². The van der Waals surface area contributed by atoms with Crippen LogP contribution in [-0.4, -0.2) is 19.9 Å². The maximum atomic E-state index is 5.03. The van der Waals surface area contributed by atoms with Gasteiger partial charge in [0.15, 0.2) is 0 Å². The van der Waals surface area contributed by atoms with Gasteiger partial charge < -0.3 is 9.97 Å². The molecule has 4 aromatic heterocycles. The Hall–Kier alpha value is -4.18. The number of rotatable bonds is 4. The van der Waals surface area contributed by atoms with Crippen LogP contribution in [0.3, 0.4) is 0 Å². The second-order valence-corrected chi connectivity index (χ2v) is 9.67. The fraction of sp³-hybridized carbons (Fsp3) is 0.212. The van der Waals surface area contributed by atoms with Crippen molar-refractivity contribution >= 4 is 52.2 Å². The molecular weight excluding hydrogens is 452 g/mol. The molecule has 1 aromatic carbocycles. The first kappa shape index (κ1) is 23.2. The van der Waals surface area contributed by atoms with E-state index in [0.717, 1.165) is 64.6 Å². The highest BCUT2D eigenvalue weighted by Gasteiger charge is 2.18. The molecule has 4 nitrogen and oxygen atoms in total. The van der Waals surface area contributed by atoms with E-state index in [9.17, 15) is 0 Å². The number of aromatic nitrogens is 4. The number of nitrogens with one attached hydrogen (secondary N) is 2. The van der Waals surface area contributed by atoms with Crippen molar-refractivity contribution in [3.63, 3.8) is 0 Å². The molecule has 6 rings (SSSR count). The summed E-state index contributed by atoms with van der Waals surface area (Å²) in [7, 11) is 0. The highest BCUT2D eigenvalue weighted by atomic mass is 14.8. The molecule has 184 valence electrons. The van der Waals surface area contributed by atoms with Gasteiger partial charge in [-0.15, -0.1) is 0 Å². The maximum Gasteiger partial charge on any atom is 0.0972 e. The summed E-state index contributed by atoms with van der Waals surface area (Å²) in [6.07, 6.45) is 14.3. The van der Waals surface area contributed by atoms with Crippen LogP contribution in [0.1, 0.15) is 77.2 Å². The van der Waals surface area contributed by atoms with E-state index < -0.39 is 0 Å². The van der Waals surface area contributed by atoms with Gasteiger partial charge in [-0.2, -0.15) is 0 Å². The van der Waals surface area contributed by atoms with E-state index >= 15 is 0 Å². The van der Waals surface area contributed by atoms with Gasteiger partial charge in [-0.05, 0) is 72.4 Å². The Balaban J connectivity index is 1.65. The van der Waals surface area contributed by atoms with Gasteiger partial charge in [-0.3, -0.25) is 0 Å². The van der Waals surface area contributed by atoms with Crippen molar-refractivity contribution in [3.05, 3.63) is 99.4 Å². The Morgan fingerprint density at radius 1 is 0.676 bits per heavy atom. The van der Waals surface area contributed by atoms with Crippen molar-refractivity contribution in [2.24, 2.45) is 0 Å². The van der Waals surface area contributed by atoms with Crippen molar-refractivity contribution in [3.8, 4) is 0 Å². The van der Waals surface area contributed by atoms with Crippen LogP contribution in [0.4, 0.5) is 0 Å². The van der Waals surface area contributed by atoms with Crippen molar-refractivity contribution < 1.29 is 0 Å². The van der Waals surface area contributed by atoms with Crippen LogP contribution in [0.2, 0.25) is 0 Å². The third kappa shape index (κ3) is 3.93. The molecule has 0 saturated carbocycles. The lowest BCUT2D eigenvalue weighted by Crippen LogP contribution is -1.98. The molecule has 5 aromatic rings. The average Bonchev–Trinajstić information content (AvgIpc) is 3.45. The number of aromatic amines is 2. The normalized spacial score (nSPS) is 14.6. The van der Waals surface area contributed by atoms with Gasteiger partial charge in [0.25, 0.3) is 0 Å². The lowest BCUT2D eigenvalue weighted by molar-refractivity contribution is 0.962. The third-order valence-electron chi connectivity index (χ3n) is 7.63. The van der Waals surface area contributed by atoms with Crippen LogP contribution < -0.4 is 0 Å². The van der Waals surface area contributed by atoms with Gasteiger partial charge in [0.05, 0.1) is 22.4 Å². The highest BCUT2D eigenvalue weighted by molar-refractivity contribution is 6.03. The molecular formula is C33H32N4. The number of benzene rings is 1. The van der Waals surface area contributed by atoms with Gasteiger partial charge in [-0.25, -0.2) is 9.97 Å². The number of hydrogen-bond acceptors (Lipinski definition) is 2. The summed E-state index contributed by atoms with van der Waals surface area (Å²) >= 11 is 0. The summed E-state index contributed by atoms with van der Waals surface area (Å²) in [6.45, 7) is 10.9. The maximum absolute atomic E-state index is 5.03. The minimum Gasteiger partial charge on any atom is -0.358 e. The highest BCUT2D eigenvalue weighted by Crippen LogP contribution is 2.30. The van der Waals surface area contributed by atoms with Crippen LogP contribution in [0.15, 0.2) is 43.0 Å². The van der Waals surface area contributed by atoms with Gasteiger partial charge in [0.1, 0.15) is 0 Å². The SMILES string of the molecule is C=Cc1c2[nH]c(c1CC)Cc1[nH]c(c(CC)c1CC)/C=C\c1ccc3ccc4ccc(nc4c3n1)/C=C\2. The zero-order valence-corrected chi connectivity index (χ0v) is 21.8. The first-order valence-electron chi connectivity index (χ1n) is 13.3. The summed E-state index contributed by atoms with van der Waals surface area (Å²) in [4.78, 5) is 17.6. The minimum atomic E-state index is 0.835. The molecule has 0 radical (unpaired) electrons. The second kappa shape index (κ2) is 9.36. The zero-order chi connectivity index (χ0) is 25.5. The summed E-state index contributed by atoms with van der Waals surface area (Å²) in [5, 5.41) is 2.18. The minimum absolute atomic E-state index is 0.835. The lowest BCUT2D eigenvalue weighted by atomic mass is 9.99. The number of fused-ring (bicyclic) bond motifs is 6. The molecule has 0 amide bonds.